The van der Waals surface area contributed by atoms with Crippen molar-refractivity contribution in [1.29, 1.82) is 0 Å². The molecule has 0 amide bonds. The van der Waals surface area contributed by atoms with Crippen molar-refractivity contribution in [2.24, 2.45) is 9.98 Å². The van der Waals surface area contributed by atoms with E-state index in [2.05, 4.69) is 127 Å². The zero-order chi connectivity index (χ0) is 29.7. The van der Waals surface area contributed by atoms with Crippen molar-refractivity contribution in [3.63, 3.8) is 0 Å². The van der Waals surface area contributed by atoms with E-state index in [-0.39, 0.29) is 6.17 Å². The lowest BCUT2D eigenvalue weighted by atomic mass is 9.96. The Kier molecular flexibility index (Phi) is 5.85. The summed E-state index contributed by atoms with van der Waals surface area (Å²) in [6.07, 6.45) is -0.370. The van der Waals surface area contributed by atoms with E-state index in [1.165, 1.54) is 27.1 Å². The molecule has 8 aromatic rings. The number of hydrogen-bond donors (Lipinski definition) is 1. The van der Waals surface area contributed by atoms with E-state index in [1.807, 2.05) is 30.3 Å². The second kappa shape index (κ2) is 10.3. The number of hydrogen-bond acceptors (Lipinski definition) is 4. The molecule has 1 aliphatic rings. The average Bonchev–Trinajstić information content (AvgIpc) is 3.49. The number of furan rings is 1. The number of nitrogens with one attached hydrogen (secondary N) is 1. The highest BCUT2D eigenvalue weighted by Gasteiger charge is 2.25. The van der Waals surface area contributed by atoms with Crippen molar-refractivity contribution < 1.29 is 4.42 Å². The van der Waals surface area contributed by atoms with Gasteiger partial charge in [0.1, 0.15) is 23.2 Å². The number of rotatable bonds is 4. The standard InChI is InChI=1S/C41H27N3O/c1-2-12-28(13-3-1)39-42-40(31-21-20-26-10-4-5-14-29(26)24-31)44-41(43-39)34-18-9-19-37-38(34)35-25-30(22-23-36(35)45-37)33-17-8-15-27-11-6-7-16-32(27)33/h1-25,41H,(H,42,43,44). The Bertz CT molecular complexity index is 2470. The summed E-state index contributed by atoms with van der Waals surface area (Å²) in [7, 11) is 0. The van der Waals surface area contributed by atoms with E-state index in [1.54, 1.807) is 0 Å². The smallest absolute Gasteiger partial charge is 0.159 e. The van der Waals surface area contributed by atoms with Crippen LogP contribution in [0.2, 0.25) is 0 Å². The van der Waals surface area contributed by atoms with E-state index in [4.69, 9.17) is 14.4 Å². The van der Waals surface area contributed by atoms with Crippen molar-refractivity contribution in [1.82, 2.24) is 5.32 Å². The second-order valence-corrected chi connectivity index (χ2v) is 11.4. The van der Waals surface area contributed by atoms with Crippen LogP contribution in [0.1, 0.15) is 22.9 Å². The van der Waals surface area contributed by atoms with Crippen LogP contribution >= 0.6 is 0 Å². The molecule has 0 saturated heterocycles. The third-order valence-corrected chi connectivity index (χ3v) is 8.72. The summed E-state index contributed by atoms with van der Waals surface area (Å²) in [6, 6.07) is 52.8. The average molecular weight is 578 g/mol. The highest BCUT2D eigenvalue weighted by molar-refractivity contribution is 6.15. The summed E-state index contributed by atoms with van der Waals surface area (Å²) < 4.78 is 6.43. The molecule has 4 heteroatoms. The van der Waals surface area contributed by atoms with Gasteiger partial charge >= 0.3 is 0 Å². The van der Waals surface area contributed by atoms with Gasteiger partial charge in [-0.05, 0) is 56.9 Å². The second-order valence-electron chi connectivity index (χ2n) is 11.4. The molecule has 1 aromatic heterocycles. The van der Waals surface area contributed by atoms with Gasteiger partial charge in [0.05, 0.1) is 0 Å². The fourth-order valence-corrected chi connectivity index (χ4v) is 6.54. The molecule has 0 radical (unpaired) electrons. The van der Waals surface area contributed by atoms with E-state index >= 15 is 0 Å². The molecule has 7 aromatic carbocycles. The van der Waals surface area contributed by atoms with E-state index in [9.17, 15) is 0 Å². The Balaban J connectivity index is 1.22. The summed E-state index contributed by atoms with van der Waals surface area (Å²) >= 11 is 0. The van der Waals surface area contributed by atoms with Gasteiger partial charge in [-0.3, -0.25) is 0 Å². The Morgan fingerprint density at radius 2 is 1.27 bits per heavy atom. The number of aliphatic imine (C=N–C) groups is 2. The van der Waals surface area contributed by atoms with Gasteiger partial charge in [-0.1, -0.05) is 127 Å². The lowest BCUT2D eigenvalue weighted by Gasteiger charge is -2.24. The van der Waals surface area contributed by atoms with Crippen LogP contribution in [0.15, 0.2) is 166 Å². The molecular formula is C41H27N3O. The van der Waals surface area contributed by atoms with Crippen LogP contribution in [0.5, 0.6) is 0 Å². The minimum absolute atomic E-state index is 0.370. The third kappa shape index (κ3) is 4.38. The Morgan fingerprint density at radius 1 is 0.511 bits per heavy atom. The Labute approximate surface area is 260 Å². The molecule has 1 atom stereocenters. The summed E-state index contributed by atoms with van der Waals surface area (Å²) in [6.45, 7) is 0. The van der Waals surface area contributed by atoms with Gasteiger partial charge in [0.15, 0.2) is 5.84 Å². The van der Waals surface area contributed by atoms with E-state index in [0.717, 1.165) is 50.0 Å². The van der Waals surface area contributed by atoms with Crippen molar-refractivity contribution in [2.45, 2.75) is 6.17 Å². The van der Waals surface area contributed by atoms with Gasteiger partial charge in [-0.2, -0.15) is 0 Å². The van der Waals surface area contributed by atoms with Crippen LogP contribution in [-0.2, 0) is 0 Å². The number of fused-ring (bicyclic) bond motifs is 5. The molecule has 0 spiro atoms. The normalized spacial score (nSPS) is 14.9. The minimum atomic E-state index is -0.370. The van der Waals surface area contributed by atoms with Crippen molar-refractivity contribution in [3.05, 3.63) is 168 Å². The SMILES string of the molecule is c1ccc(C2=NC(c3cccc4oc5ccc(-c6cccc7ccccc67)cc5c34)NC(c3ccc4ccccc4c3)=N2)cc1. The zero-order valence-corrected chi connectivity index (χ0v) is 24.3. The van der Waals surface area contributed by atoms with Gasteiger partial charge in [0.25, 0.3) is 0 Å². The molecule has 0 fully saturated rings. The first-order valence-corrected chi connectivity index (χ1v) is 15.2. The molecule has 212 valence electrons. The van der Waals surface area contributed by atoms with Crippen LogP contribution in [-0.4, -0.2) is 11.7 Å². The molecule has 1 aliphatic heterocycles. The van der Waals surface area contributed by atoms with Gasteiger partial charge in [-0.15, -0.1) is 0 Å². The maximum absolute atomic E-state index is 6.43. The summed E-state index contributed by atoms with van der Waals surface area (Å²) in [5, 5.41) is 10.6. The molecule has 4 nitrogen and oxygen atoms in total. The Morgan fingerprint density at radius 3 is 2.18 bits per heavy atom. The molecule has 0 bridgehead atoms. The maximum Gasteiger partial charge on any atom is 0.159 e. The van der Waals surface area contributed by atoms with Gasteiger partial charge in [0.2, 0.25) is 0 Å². The molecule has 1 unspecified atom stereocenters. The highest BCUT2D eigenvalue weighted by atomic mass is 16.3. The molecule has 0 saturated carbocycles. The van der Waals surface area contributed by atoms with Crippen LogP contribution < -0.4 is 5.32 Å². The highest BCUT2D eigenvalue weighted by Crippen LogP contribution is 2.39. The minimum Gasteiger partial charge on any atom is -0.456 e. The molecular weight excluding hydrogens is 550 g/mol. The molecule has 1 N–H and O–H groups in total. The molecule has 9 rings (SSSR count). The third-order valence-electron chi connectivity index (χ3n) is 8.72. The number of amidine groups is 2. The quantitative estimate of drug-likeness (QED) is 0.226. The summed E-state index contributed by atoms with van der Waals surface area (Å²) in [4.78, 5) is 10.2. The van der Waals surface area contributed by atoms with Crippen molar-refractivity contribution in [2.75, 3.05) is 0 Å². The fraction of sp³-hybridized carbons (Fsp3) is 0.0244. The van der Waals surface area contributed by atoms with Gasteiger partial charge in [0, 0.05) is 27.5 Å². The first kappa shape index (κ1) is 25.5. The lowest BCUT2D eigenvalue weighted by Crippen LogP contribution is -2.33. The van der Waals surface area contributed by atoms with Gasteiger partial charge in [-0.25, -0.2) is 9.98 Å². The molecule has 2 heterocycles. The fourth-order valence-electron chi connectivity index (χ4n) is 6.54. The van der Waals surface area contributed by atoms with E-state index in [0.29, 0.717) is 5.84 Å². The molecule has 45 heavy (non-hydrogen) atoms. The largest absolute Gasteiger partial charge is 0.456 e. The predicted octanol–water partition coefficient (Wildman–Crippen LogP) is 10.1. The first-order valence-electron chi connectivity index (χ1n) is 15.2. The van der Waals surface area contributed by atoms with Crippen molar-refractivity contribution >= 4 is 55.2 Å². The number of nitrogens with zero attached hydrogens (tertiary/aromatic N) is 2. The molecule has 0 aliphatic carbocycles. The van der Waals surface area contributed by atoms with E-state index < -0.39 is 0 Å². The van der Waals surface area contributed by atoms with Crippen LogP contribution in [0.4, 0.5) is 0 Å². The van der Waals surface area contributed by atoms with Crippen LogP contribution in [0.25, 0.3) is 54.6 Å². The van der Waals surface area contributed by atoms with Crippen molar-refractivity contribution in [3.8, 4) is 11.1 Å². The number of benzene rings is 7. The summed E-state index contributed by atoms with van der Waals surface area (Å²) in [5.74, 6) is 1.49. The Hall–Kier alpha value is -6.00. The van der Waals surface area contributed by atoms with Crippen LogP contribution in [0.3, 0.4) is 0 Å². The van der Waals surface area contributed by atoms with Gasteiger partial charge < -0.3 is 9.73 Å². The van der Waals surface area contributed by atoms with Crippen LogP contribution in [0, 0.1) is 0 Å². The first-order chi connectivity index (χ1) is 22.3. The lowest BCUT2D eigenvalue weighted by molar-refractivity contribution is 0.662. The zero-order valence-electron chi connectivity index (χ0n) is 24.3. The predicted molar refractivity (Wildman–Crippen MR) is 186 cm³/mol. The topological polar surface area (TPSA) is 49.9 Å². The maximum atomic E-state index is 6.43. The monoisotopic (exact) mass is 577 g/mol. The summed E-state index contributed by atoms with van der Waals surface area (Å²) in [5.41, 5.74) is 7.09.